The number of hydrogen-bond donors (Lipinski definition) is 1. The van der Waals surface area contributed by atoms with Crippen LogP contribution in [0.3, 0.4) is 0 Å². The Labute approximate surface area is 160 Å². The number of nitrogens with one attached hydrogen (secondary N) is 1. The Morgan fingerprint density at radius 1 is 1.12 bits per heavy atom. The molecule has 0 radical (unpaired) electrons. The first-order valence-corrected chi connectivity index (χ1v) is 11.5. The monoisotopic (exact) mass is 393 g/mol. The summed E-state index contributed by atoms with van der Waals surface area (Å²) >= 11 is 1.66. The molecule has 5 nitrogen and oxygen atoms in total. The van der Waals surface area contributed by atoms with Crippen molar-refractivity contribution in [1.29, 1.82) is 0 Å². The van der Waals surface area contributed by atoms with Crippen molar-refractivity contribution in [3.8, 4) is 0 Å². The molecule has 1 unspecified atom stereocenters. The first kappa shape index (κ1) is 19.5. The number of hydrogen-bond acceptors (Lipinski definition) is 5. The minimum Gasteiger partial charge on any atom is -0.304 e. The summed E-state index contributed by atoms with van der Waals surface area (Å²) in [7, 11) is -1.24. The summed E-state index contributed by atoms with van der Waals surface area (Å²) in [6.07, 6.45) is 0. The molecule has 0 spiro atoms. The molecule has 1 aliphatic heterocycles. The van der Waals surface area contributed by atoms with Crippen LogP contribution in [-0.2, 0) is 15.8 Å². The first-order chi connectivity index (χ1) is 12.4. The van der Waals surface area contributed by atoms with Gasteiger partial charge in [0.25, 0.3) is 0 Å². The molecule has 0 saturated carbocycles. The Balaban J connectivity index is 1.66. The van der Waals surface area contributed by atoms with E-state index < -0.39 is 10.0 Å². The van der Waals surface area contributed by atoms with Gasteiger partial charge in [-0.3, -0.25) is 4.90 Å². The highest BCUT2D eigenvalue weighted by molar-refractivity contribution is 7.88. The number of thiophene rings is 1. The van der Waals surface area contributed by atoms with E-state index >= 15 is 0 Å². The van der Waals surface area contributed by atoms with E-state index in [0.717, 1.165) is 37.3 Å². The van der Waals surface area contributed by atoms with E-state index in [2.05, 4.69) is 38.4 Å². The van der Waals surface area contributed by atoms with E-state index in [4.69, 9.17) is 0 Å². The zero-order valence-corrected chi connectivity index (χ0v) is 17.0. The van der Waals surface area contributed by atoms with Gasteiger partial charge in [-0.15, -0.1) is 0 Å². The normalized spacial score (nSPS) is 18.1. The second-order valence-corrected chi connectivity index (χ2v) is 9.59. The predicted molar refractivity (Wildman–Crippen MR) is 108 cm³/mol. The minimum atomic E-state index is -3.37. The smallest absolute Gasteiger partial charge is 0.215 e. The second kappa shape index (κ2) is 8.63. The van der Waals surface area contributed by atoms with Crippen molar-refractivity contribution in [3.63, 3.8) is 0 Å². The third-order valence-electron chi connectivity index (χ3n) is 4.88. The number of sulfonamides is 1. The molecule has 1 aliphatic rings. The third kappa shape index (κ3) is 5.37. The lowest BCUT2D eigenvalue weighted by molar-refractivity contribution is 0.113. The molecule has 1 aromatic heterocycles. The minimum absolute atomic E-state index is 0.0202. The second-order valence-electron chi connectivity index (χ2n) is 7.00. The zero-order chi connectivity index (χ0) is 18.6. The van der Waals surface area contributed by atoms with Crippen molar-refractivity contribution in [2.24, 2.45) is 0 Å². The van der Waals surface area contributed by atoms with E-state index in [-0.39, 0.29) is 11.8 Å². The molecule has 1 atom stereocenters. The summed E-state index contributed by atoms with van der Waals surface area (Å²) in [6, 6.07) is 9.84. The molecule has 7 heteroatoms. The molecule has 26 heavy (non-hydrogen) atoms. The van der Waals surface area contributed by atoms with Gasteiger partial charge in [0.2, 0.25) is 10.0 Å². The van der Waals surface area contributed by atoms with E-state index in [0.29, 0.717) is 6.54 Å². The predicted octanol–water partition coefficient (Wildman–Crippen LogP) is 2.46. The molecule has 2 aromatic rings. The maximum atomic E-state index is 12.6. The van der Waals surface area contributed by atoms with Crippen molar-refractivity contribution < 1.29 is 8.42 Å². The molecule has 1 saturated heterocycles. The Kier molecular flexibility index (Phi) is 6.47. The summed E-state index contributed by atoms with van der Waals surface area (Å²) in [5, 5.41) is 4.18. The third-order valence-corrected chi connectivity index (χ3v) is 6.90. The highest BCUT2D eigenvalue weighted by Gasteiger charge is 2.25. The van der Waals surface area contributed by atoms with Crippen molar-refractivity contribution >= 4 is 21.4 Å². The molecule has 2 heterocycles. The maximum Gasteiger partial charge on any atom is 0.215 e. The molecule has 0 aliphatic carbocycles. The quantitative estimate of drug-likeness (QED) is 0.785. The summed E-state index contributed by atoms with van der Waals surface area (Å²) in [5.41, 5.74) is 3.14. The van der Waals surface area contributed by atoms with Crippen LogP contribution in [0.2, 0.25) is 0 Å². The molecule has 1 fully saturated rings. The van der Waals surface area contributed by atoms with Crippen LogP contribution in [0.25, 0.3) is 0 Å². The fraction of sp³-hybridized carbons (Fsp3) is 0.474. The van der Waals surface area contributed by atoms with Crippen LogP contribution in [0.1, 0.15) is 22.7 Å². The van der Waals surface area contributed by atoms with E-state index in [9.17, 15) is 8.42 Å². The Morgan fingerprint density at radius 2 is 1.81 bits per heavy atom. The van der Waals surface area contributed by atoms with E-state index in [1.54, 1.807) is 11.3 Å². The van der Waals surface area contributed by atoms with Crippen LogP contribution in [0, 0.1) is 6.92 Å². The van der Waals surface area contributed by atoms with Gasteiger partial charge in [-0.05, 0) is 41.9 Å². The maximum absolute atomic E-state index is 12.6. The van der Waals surface area contributed by atoms with Gasteiger partial charge >= 0.3 is 0 Å². The van der Waals surface area contributed by atoms with Gasteiger partial charge < -0.3 is 4.90 Å². The van der Waals surface area contributed by atoms with Gasteiger partial charge in [-0.2, -0.15) is 11.3 Å². The van der Waals surface area contributed by atoms with Crippen LogP contribution in [-0.4, -0.2) is 58.0 Å². The van der Waals surface area contributed by atoms with Gasteiger partial charge in [-0.1, -0.05) is 29.8 Å². The fourth-order valence-corrected chi connectivity index (χ4v) is 5.07. The van der Waals surface area contributed by atoms with Crippen LogP contribution >= 0.6 is 11.3 Å². The number of aryl methyl sites for hydroxylation is 1. The zero-order valence-electron chi connectivity index (χ0n) is 15.4. The summed E-state index contributed by atoms with van der Waals surface area (Å²) in [5.74, 6) is 0.0202. The SMILES string of the molecule is Cc1ccc(CS(=O)(=O)NCC(c2ccsc2)N2CCN(C)CC2)cc1. The Hall–Kier alpha value is -1.25. The molecule has 0 amide bonds. The summed E-state index contributed by atoms with van der Waals surface area (Å²) < 4.78 is 28.0. The first-order valence-electron chi connectivity index (χ1n) is 8.90. The number of piperazine rings is 1. The largest absolute Gasteiger partial charge is 0.304 e. The van der Waals surface area contributed by atoms with Gasteiger partial charge in [0.1, 0.15) is 0 Å². The molecule has 3 rings (SSSR count). The number of nitrogens with zero attached hydrogens (tertiary/aromatic N) is 2. The molecular formula is C19H27N3O2S2. The Morgan fingerprint density at radius 3 is 2.42 bits per heavy atom. The van der Waals surface area contributed by atoms with E-state index in [1.807, 2.05) is 31.2 Å². The highest BCUT2D eigenvalue weighted by atomic mass is 32.2. The standard InChI is InChI=1S/C19H27N3O2S2/c1-16-3-5-17(6-4-16)15-26(23,24)20-13-19(18-7-12-25-14-18)22-10-8-21(2)9-11-22/h3-7,12,14,19-20H,8-11,13,15H2,1-2H3. The number of benzene rings is 1. The molecule has 1 aromatic carbocycles. The number of likely N-dealkylation sites (N-methyl/N-ethyl adjacent to an activating group) is 1. The van der Waals surface area contributed by atoms with Crippen LogP contribution < -0.4 is 4.72 Å². The van der Waals surface area contributed by atoms with Crippen LogP contribution in [0.15, 0.2) is 41.1 Å². The van der Waals surface area contributed by atoms with Gasteiger partial charge in [0.05, 0.1) is 5.75 Å². The van der Waals surface area contributed by atoms with Gasteiger partial charge in [0, 0.05) is 38.8 Å². The summed E-state index contributed by atoms with van der Waals surface area (Å²) in [6.45, 7) is 6.34. The molecule has 0 bridgehead atoms. The van der Waals surface area contributed by atoms with E-state index in [1.165, 1.54) is 5.56 Å². The lowest BCUT2D eigenvalue weighted by Crippen LogP contribution is -2.48. The van der Waals surface area contributed by atoms with Gasteiger partial charge in [0.15, 0.2) is 0 Å². The fourth-order valence-electron chi connectivity index (χ4n) is 3.22. The van der Waals surface area contributed by atoms with Crippen molar-refractivity contribution in [3.05, 3.63) is 57.8 Å². The van der Waals surface area contributed by atoms with Gasteiger partial charge in [-0.25, -0.2) is 13.1 Å². The van der Waals surface area contributed by atoms with Crippen LogP contribution in [0.5, 0.6) is 0 Å². The van der Waals surface area contributed by atoms with Crippen LogP contribution in [0.4, 0.5) is 0 Å². The topological polar surface area (TPSA) is 52.7 Å². The van der Waals surface area contributed by atoms with Crippen molar-refractivity contribution in [2.45, 2.75) is 18.7 Å². The molecular weight excluding hydrogens is 366 g/mol. The highest BCUT2D eigenvalue weighted by Crippen LogP contribution is 2.24. The number of rotatable bonds is 7. The molecule has 142 valence electrons. The average molecular weight is 394 g/mol. The lowest BCUT2D eigenvalue weighted by atomic mass is 10.1. The Bertz CT molecular complexity index is 781. The van der Waals surface area contributed by atoms with Crippen molar-refractivity contribution in [1.82, 2.24) is 14.5 Å². The van der Waals surface area contributed by atoms with Crippen molar-refractivity contribution in [2.75, 3.05) is 39.8 Å². The molecule has 1 N–H and O–H groups in total. The average Bonchev–Trinajstić information content (AvgIpc) is 3.13. The lowest BCUT2D eigenvalue weighted by Gasteiger charge is -2.37. The summed E-state index contributed by atoms with van der Waals surface area (Å²) in [4.78, 5) is 4.69.